The Balaban J connectivity index is 2.05. The molecule has 0 atom stereocenters. The Hall–Kier alpha value is -2.06. The third-order valence-corrected chi connectivity index (χ3v) is 5.46. The van der Waals surface area contributed by atoms with Gasteiger partial charge in [-0.05, 0) is 45.4 Å². The summed E-state index contributed by atoms with van der Waals surface area (Å²) in [5, 5.41) is 0. The fourth-order valence-corrected chi connectivity index (χ4v) is 4.29. The third-order valence-electron chi connectivity index (χ3n) is 3.47. The second-order valence-electron chi connectivity index (χ2n) is 6.69. The van der Waals surface area contributed by atoms with Crippen molar-refractivity contribution < 1.29 is 18.3 Å². The van der Waals surface area contributed by atoms with Crippen LogP contribution in [0.3, 0.4) is 0 Å². The van der Waals surface area contributed by atoms with Gasteiger partial charge in [0, 0.05) is 18.6 Å². The van der Waals surface area contributed by atoms with Crippen molar-refractivity contribution in [2.75, 3.05) is 13.0 Å². The number of hydrogen-bond donors (Lipinski definition) is 1. The predicted molar refractivity (Wildman–Crippen MR) is 105 cm³/mol. The Kier molecular flexibility index (Phi) is 7.88. The molecular weight excluding hydrogens is 385 g/mol. The van der Waals surface area contributed by atoms with Crippen molar-refractivity contribution in [3.8, 4) is 11.1 Å². The van der Waals surface area contributed by atoms with Gasteiger partial charge in [-0.3, -0.25) is 23.9 Å². The first-order chi connectivity index (χ1) is 13.2. The highest BCUT2D eigenvalue weighted by molar-refractivity contribution is 7.53. The standard InChI is InChI=1S/C18H26N3O6P/c1-13(2)26-28(24,27-14(3)4)12-25-10-9-21-11-16(17(22)20-18(21)23)15-5-7-19-8-6-15/h5-8,11,13-14H,9-10,12H2,1-4H3,(H,20,22,23). The largest absolute Gasteiger partial charge is 0.367 e. The van der Waals surface area contributed by atoms with Crippen LogP contribution in [-0.2, 0) is 24.9 Å². The van der Waals surface area contributed by atoms with Gasteiger partial charge in [0.2, 0.25) is 0 Å². The van der Waals surface area contributed by atoms with Crippen LogP contribution in [0.5, 0.6) is 0 Å². The molecule has 2 aromatic heterocycles. The first-order valence-corrected chi connectivity index (χ1v) is 10.7. The van der Waals surface area contributed by atoms with Gasteiger partial charge in [0.25, 0.3) is 5.56 Å². The van der Waals surface area contributed by atoms with Crippen LogP contribution in [0.4, 0.5) is 0 Å². The van der Waals surface area contributed by atoms with E-state index in [1.165, 1.54) is 10.8 Å². The molecule has 0 aromatic carbocycles. The number of H-pyrrole nitrogens is 1. The van der Waals surface area contributed by atoms with Crippen molar-refractivity contribution in [3.63, 3.8) is 0 Å². The zero-order valence-electron chi connectivity index (χ0n) is 16.5. The van der Waals surface area contributed by atoms with Crippen LogP contribution >= 0.6 is 7.60 Å². The molecule has 0 radical (unpaired) electrons. The van der Waals surface area contributed by atoms with Gasteiger partial charge < -0.3 is 13.8 Å². The zero-order valence-corrected chi connectivity index (χ0v) is 17.3. The maximum absolute atomic E-state index is 12.7. The van der Waals surface area contributed by atoms with Gasteiger partial charge in [-0.1, -0.05) is 0 Å². The summed E-state index contributed by atoms with van der Waals surface area (Å²) in [6.45, 7) is 7.30. The van der Waals surface area contributed by atoms with E-state index in [4.69, 9.17) is 13.8 Å². The van der Waals surface area contributed by atoms with E-state index in [-0.39, 0.29) is 31.7 Å². The minimum absolute atomic E-state index is 0.0919. The van der Waals surface area contributed by atoms with Gasteiger partial charge >= 0.3 is 13.3 Å². The van der Waals surface area contributed by atoms with E-state index in [0.717, 1.165) is 0 Å². The molecule has 1 N–H and O–H groups in total. The normalized spacial score (nSPS) is 12.1. The topological polar surface area (TPSA) is 113 Å². The molecule has 0 aliphatic heterocycles. The molecule has 9 nitrogen and oxygen atoms in total. The molecule has 2 heterocycles. The van der Waals surface area contributed by atoms with E-state index in [2.05, 4.69) is 9.97 Å². The van der Waals surface area contributed by atoms with E-state index >= 15 is 0 Å². The van der Waals surface area contributed by atoms with Crippen LogP contribution < -0.4 is 11.2 Å². The molecule has 28 heavy (non-hydrogen) atoms. The smallest absolute Gasteiger partial charge is 0.356 e. The Bertz CT molecular complexity index is 909. The molecule has 0 fully saturated rings. The minimum atomic E-state index is -3.40. The Morgan fingerprint density at radius 3 is 2.29 bits per heavy atom. The lowest BCUT2D eigenvalue weighted by atomic mass is 10.1. The number of rotatable bonds is 10. The fourth-order valence-electron chi connectivity index (χ4n) is 2.48. The lowest BCUT2D eigenvalue weighted by Crippen LogP contribution is -2.31. The summed E-state index contributed by atoms with van der Waals surface area (Å²) in [7, 11) is -3.40. The molecule has 10 heteroatoms. The van der Waals surface area contributed by atoms with Crippen molar-refractivity contribution in [1.82, 2.24) is 14.5 Å². The molecule has 2 rings (SSSR count). The van der Waals surface area contributed by atoms with Crippen molar-refractivity contribution in [3.05, 3.63) is 51.6 Å². The van der Waals surface area contributed by atoms with Crippen LogP contribution in [0.1, 0.15) is 27.7 Å². The van der Waals surface area contributed by atoms with Crippen molar-refractivity contribution in [1.29, 1.82) is 0 Å². The Morgan fingerprint density at radius 2 is 1.71 bits per heavy atom. The van der Waals surface area contributed by atoms with Crippen LogP contribution in [0, 0.1) is 0 Å². The van der Waals surface area contributed by atoms with E-state index in [9.17, 15) is 14.2 Å². The molecule has 0 aliphatic rings. The maximum atomic E-state index is 12.7. The lowest BCUT2D eigenvalue weighted by Gasteiger charge is -2.22. The summed E-state index contributed by atoms with van der Waals surface area (Å²) in [5.74, 6) is 0. The van der Waals surface area contributed by atoms with Crippen molar-refractivity contribution in [2.24, 2.45) is 0 Å². The van der Waals surface area contributed by atoms with Crippen LogP contribution in [0.2, 0.25) is 0 Å². The first kappa shape index (κ1) is 22.2. The highest BCUT2D eigenvalue weighted by Crippen LogP contribution is 2.50. The van der Waals surface area contributed by atoms with Crippen LogP contribution in [0.15, 0.2) is 40.3 Å². The molecule has 0 bridgehead atoms. The van der Waals surface area contributed by atoms with Crippen molar-refractivity contribution in [2.45, 2.75) is 46.4 Å². The molecule has 0 unspecified atom stereocenters. The molecular formula is C18H26N3O6P. The molecule has 0 amide bonds. The fraction of sp³-hybridized carbons (Fsp3) is 0.500. The van der Waals surface area contributed by atoms with Gasteiger partial charge in [-0.2, -0.15) is 0 Å². The van der Waals surface area contributed by atoms with Crippen LogP contribution in [0.25, 0.3) is 11.1 Å². The SMILES string of the molecule is CC(C)OP(=O)(COCCn1cc(-c2ccncc2)c(=O)[nH]c1=O)OC(C)C. The van der Waals surface area contributed by atoms with E-state index in [0.29, 0.717) is 11.1 Å². The van der Waals surface area contributed by atoms with Gasteiger partial charge in [0.05, 0.1) is 30.9 Å². The monoisotopic (exact) mass is 411 g/mol. The third kappa shape index (κ3) is 6.53. The Labute approximate surface area is 163 Å². The summed E-state index contributed by atoms with van der Waals surface area (Å²) in [6, 6.07) is 3.36. The predicted octanol–water partition coefficient (Wildman–Crippen LogP) is 2.62. The molecule has 2 aromatic rings. The summed E-state index contributed by atoms with van der Waals surface area (Å²) in [6.07, 6.45) is 3.81. The minimum Gasteiger partial charge on any atom is -0.367 e. The highest BCUT2D eigenvalue weighted by Gasteiger charge is 2.28. The van der Waals surface area contributed by atoms with Gasteiger partial charge in [-0.25, -0.2) is 4.79 Å². The molecule has 0 saturated heterocycles. The van der Waals surface area contributed by atoms with E-state index in [1.54, 1.807) is 52.2 Å². The van der Waals surface area contributed by atoms with E-state index in [1.807, 2.05) is 0 Å². The number of ether oxygens (including phenoxy) is 1. The molecule has 0 saturated carbocycles. The second kappa shape index (κ2) is 9.93. The number of aromatic amines is 1. The van der Waals surface area contributed by atoms with Crippen molar-refractivity contribution >= 4 is 7.60 Å². The summed E-state index contributed by atoms with van der Waals surface area (Å²) in [5.41, 5.74) is -0.0370. The number of nitrogens with one attached hydrogen (secondary N) is 1. The first-order valence-electron chi connectivity index (χ1n) is 8.98. The lowest BCUT2D eigenvalue weighted by molar-refractivity contribution is 0.0955. The molecule has 0 spiro atoms. The van der Waals surface area contributed by atoms with Gasteiger partial charge in [0.1, 0.15) is 6.35 Å². The number of aromatic nitrogens is 3. The average Bonchev–Trinajstić information content (AvgIpc) is 2.59. The maximum Gasteiger partial charge on any atom is 0.356 e. The number of pyridine rings is 1. The average molecular weight is 411 g/mol. The highest BCUT2D eigenvalue weighted by atomic mass is 31.2. The Morgan fingerprint density at radius 1 is 1.11 bits per heavy atom. The quantitative estimate of drug-likeness (QED) is 0.472. The van der Waals surface area contributed by atoms with Gasteiger partial charge in [-0.15, -0.1) is 0 Å². The van der Waals surface area contributed by atoms with Gasteiger partial charge in [0.15, 0.2) is 0 Å². The van der Waals surface area contributed by atoms with E-state index < -0.39 is 18.8 Å². The molecule has 0 aliphatic carbocycles. The number of nitrogens with zero attached hydrogens (tertiary/aromatic N) is 2. The summed E-state index contributed by atoms with van der Waals surface area (Å²) < 4.78 is 30.3. The summed E-state index contributed by atoms with van der Waals surface area (Å²) >= 11 is 0. The second-order valence-corrected chi connectivity index (χ2v) is 8.59. The summed E-state index contributed by atoms with van der Waals surface area (Å²) in [4.78, 5) is 30.3. The number of hydrogen-bond acceptors (Lipinski definition) is 7. The molecule has 154 valence electrons. The zero-order chi connectivity index (χ0) is 20.7. The van der Waals surface area contributed by atoms with Crippen LogP contribution in [-0.4, -0.2) is 39.7 Å².